The van der Waals surface area contributed by atoms with Crippen LogP contribution < -0.4 is 10.9 Å². The van der Waals surface area contributed by atoms with Crippen LogP contribution in [0.1, 0.15) is 43.7 Å². The third-order valence-electron chi connectivity index (χ3n) is 5.28. The number of anilines is 1. The zero-order valence-electron chi connectivity index (χ0n) is 17.7. The van der Waals surface area contributed by atoms with E-state index < -0.39 is 0 Å². The number of nitriles is 1. The van der Waals surface area contributed by atoms with Gasteiger partial charge in [-0.15, -0.1) is 0 Å². The van der Waals surface area contributed by atoms with E-state index in [1.165, 1.54) is 23.9 Å². The highest BCUT2D eigenvalue weighted by Crippen LogP contribution is 2.30. The van der Waals surface area contributed by atoms with Crippen molar-refractivity contribution in [1.29, 1.82) is 5.26 Å². The quantitative estimate of drug-likeness (QED) is 0.678. The second-order valence-electron chi connectivity index (χ2n) is 7.43. The molecule has 9 heteroatoms. The molecule has 0 radical (unpaired) electrons. The summed E-state index contributed by atoms with van der Waals surface area (Å²) in [4.78, 5) is 13.5. The molecule has 0 spiro atoms. The standard InChI is InChI=1S/C17H18ClN5OS.C5H10O/c1-20-15-11-21-23(17(24)16(15)18)13-6-8-22(9-7-13)25-14-4-2-12(10-19)3-5-14;1-2-4-6-5-3-1/h2-5,11,13,20H,6-9H2,1H3;1-5H2. The largest absolute Gasteiger partial charge is 0.385 e. The fourth-order valence-corrected chi connectivity index (χ4v) is 4.66. The molecule has 2 saturated heterocycles. The van der Waals surface area contributed by atoms with Crippen LogP contribution in [0.4, 0.5) is 5.69 Å². The lowest BCUT2D eigenvalue weighted by molar-refractivity contribution is 0.0968. The highest BCUT2D eigenvalue weighted by Gasteiger charge is 2.24. The summed E-state index contributed by atoms with van der Waals surface area (Å²) in [7, 11) is 1.71. The zero-order valence-corrected chi connectivity index (χ0v) is 19.3. The molecule has 0 aliphatic carbocycles. The molecule has 1 N–H and O–H groups in total. The van der Waals surface area contributed by atoms with E-state index in [1.807, 2.05) is 24.3 Å². The van der Waals surface area contributed by atoms with Crippen molar-refractivity contribution in [3.8, 4) is 6.07 Å². The normalized spacial score (nSPS) is 17.3. The fourth-order valence-electron chi connectivity index (χ4n) is 3.48. The molecule has 31 heavy (non-hydrogen) atoms. The van der Waals surface area contributed by atoms with Crippen LogP contribution in [0.25, 0.3) is 0 Å². The summed E-state index contributed by atoms with van der Waals surface area (Å²) < 4.78 is 8.85. The molecule has 0 atom stereocenters. The number of hydrogen-bond acceptors (Lipinski definition) is 7. The van der Waals surface area contributed by atoms with Crippen LogP contribution in [-0.4, -0.2) is 47.4 Å². The Hall–Kier alpha value is -2.05. The molecule has 3 heterocycles. The molecule has 0 unspecified atom stereocenters. The first kappa shape index (κ1) is 23.6. The molecule has 0 saturated carbocycles. The second kappa shape index (κ2) is 12.1. The topological polar surface area (TPSA) is 83.2 Å². The fraction of sp³-hybridized carbons (Fsp3) is 0.500. The molecule has 2 aliphatic heterocycles. The van der Waals surface area contributed by atoms with Crippen LogP contribution in [0.5, 0.6) is 0 Å². The summed E-state index contributed by atoms with van der Waals surface area (Å²) in [5.74, 6) is 0. The molecule has 0 amide bonds. The molecule has 2 fully saturated rings. The lowest BCUT2D eigenvalue weighted by atomic mass is 10.1. The van der Waals surface area contributed by atoms with Crippen LogP contribution in [0, 0.1) is 11.3 Å². The van der Waals surface area contributed by atoms with Crippen molar-refractivity contribution in [1.82, 2.24) is 14.1 Å². The smallest absolute Gasteiger partial charge is 0.287 e. The summed E-state index contributed by atoms with van der Waals surface area (Å²) in [6, 6.07) is 9.74. The third kappa shape index (κ3) is 6.71. The maximum absolute atomic E-state index is 12.4. The Morgan fingerprint density at radius 2 is 1.87 bits per heavy atom. The summed E-state index contributed by atoms with van der Waals surface area (Å²) in [6.07, 6.45) is 7.21. The number of nitrogens with one attached hydrogen (secondary N) is 1. The predicted octanol–water partition coefficient (Wildman–Crippen LogP) is 4.34. The molecule has 2 aliphatic rings. The Bertz CT molecular complexity index is 921. The Labute approximate surface area is 192 Å². The monoisotopic (exact) mass is 461 g/mol. The number of nitrogens with zero attached hydrogens (tertiary/aromatic N) is 4. The van der Waals surface area contributed by atoms with E-state index in [4.69, 9.17) is 21.6 Å². The Kier molecular flexibility index (Phi) is 9.22. The van der Waals surface area contributed by atoms with Gasteiger partial charge < -0.3 is 10.1 Å². The van der Waals surface area contributed by atoms with Gasteiger partial charge in [-0.2, -0.15) is 10.4 Å². The number of piperidine rings is 1. The van der Waals surface area contributed by atoms with Gasteiger partial charge in [0.15, 0.2) is 0 Å². The van der Waals surface area contributed by atoms with Gasteiger partial charge in [0.25, 0.3) is 5.56 Å². The van der Waals surface area contributed by atoms with Crippen molar-refractivity contribution in [2.45, 2.75) is 43.0 Å². The molecule has 1 aromatic carbocycles. The molecule has 166 valence electrons. The summed E-state index contributed by atoms with van der Waals surface area (Å²) in [5.41, 5.74) is 0.971. The SMILES string of the molecule is C1CCOCC1.CNc1cnn(C2CCN(Sc3ccc(C#N)cc3)CC2)c(=O)c1Cl. The highest BCUT2D eigenvalue weighted by atomic mass is 35.5. The zero-order chi connectivity index (χ0) is 22.1. The number of rotatable bonds is 4. The van der Waals surface area contributed by atoms with Crippen LogP contribution in [0.2, 0.25) is 5.02 Å². The molecule has 7 nitrogen and oxygen atoms in total. The Morgan fingerprint density at radius 3 is 2.39 bits per heavy atom. The van der Waals surface area contributed by atoms with E-state index in [1.54, 1.807) is 25.2 Å². The number of halogens is 1. The van der Waals surface area contributed by atoms with Gasteiger partial charge in [0.2, 0.25) is 0 Å². The molecule has 2 aromatic rings. The minimum absolute atomic E-state index is 0.0636. The molecule has 0 bridgehead atoms. The van der Waals surface area contributed by atoms with E-state index in [0.717, 1.165) is 44.0 Å². The van der Waals surface area contributed by atoms with Gasteiger partial charge in [0, 0.05) is 38.2 Å². The van der Waals surface area contributed by atoms with Gasteiger partial charge in [-0.25, -0.2) is 8.99 Å². The third-order valence-corrected chi connectivity index (χ3v) is 6.75. The van der Waals surface area contributed by atoms with E-state index in [0.29, 0.717) is 11.3 Å². The summed E-state index contributed by atoms with van der Waals surface area (Å²) >= 11 is 7.78. The Balaban J connectivity index is 0.000000391. The first-order chi connectivity index (χ1) is 15.1. The van der Waals surface area contributed by atoms with Crippen molar-refractivity contribution < 1.29 is 4.74 Å². The summed E-state index contributed by atoms with van der Waals surface area (Å²) in [6.45, 7) is 3.71. The number of hydrogen-bond donors (Lipinski definition) is 1. The lowest BCUT2D eigenvalue weighted by Gasteiger charge is -2.31. The van der Waals surface area contributed by atoms with E-state index in [-0.39, 0.29) is 16.6 Å². The van der Waals surface area contributed by atoms with Gasteiger partial charge in [-0.05, 0) is 68.3 Å². The second-order valence-corrected chi connectivity index (χ2v) is 8.98. The predicted molar refractivity (Wildman–Crippen MR) is 125 cm³/mol. The van der Waals surface area contributed by atoms with Crippen LogP contribution in [0.15, 0.2) is 40.2 Å². The maximum Gasteiger partial charge on any atom is 0.287 e. The molecule has 1 aromatic heterocycles. The van der Waals surface area contributed by atoms with Crippen LogP contribution in [0.3, 0.4) is 0 Å². The van der Waals surface area contributed by atoms with Crippen LogP contribution >= 0.6 is 23.5 Å². The number of benzene rings is 1. The van der Waals surface area contributed by atoms with Gasteiger partial charge in [-0.1, -0.05) is 11.6 Å². The van der Waals surface area contributed by atoms with Crippen molar-refractivity contribution >= 4 is 29.2 Å². The van der Waals surface area contributed by atoms with Gasteiger partial charge in [0.1, 0.15) is 5.02 Å². The van der Waals surface area contributed by atoms with Crippen LogP contribution in [-0.2, 0) is 4.74 Å². The number of ether oxygens (including phenoxy) is 1. The maximum atomic E-state index is 12.4. The first-order valence-corrected chi connectivity index (χ1v) is 11.7. The minimum atomic E-state index is -0.244. The van der Waals surface area contributed by atoms with Gasteiger partial charge in [0.05, 0.1) is 29.6 Å². The highest BCUT2D eigenvalue weighted by molar-refractivity contribution is 7.97. The molecular formula is C22H28ClN5O2S. The Morgan fingerprint density at radius 1 is 1.19 bits per heavy atom. The van der Waals surface area contributed by atoms with Gasteiger partial charge in [-0.3, -0.25) is 4.79 Å². The van der Waals surface area contributed by atoms with E-state index >= 15 is 0 Å². The average Bonchev–Trinajstić information content (AvgIpc) is 2.83. The molecule has 4 rings (SSSR count). The van der Waals surface area contributed by atoms with E-state index in [9.17, 15) is 4.79 Å². The van der Waals surface area contributed by atoms with Crippen molar-refractivity contribution in [2.24, 2.45) is 0 Å². The van der Waals surface area contributed by atoms with Crippen molar-refractivity contribution in [3.63, 3.8) is 0 Å². The van der Waals surface area contributed by atoms with Crippen molar-refractivity contribution in [3.05, 3.63) is 51.4 Å². The van der Waals surface area contributed by atoms with Crippen molar-refractivity contribution in [2.75, 3.05) is 38.7 Å². The van der Waals surface area contributed by atoms with E-state index in [2.05, 4.69) is 20.8 Å². The minimum Gasteiger partial charge on any atom is -0.385 e. The number of aromatic nitrogens is 2. The van der Waals surface area contributed by atoms with Gasteiger partial charge >= 0.3 is 0 Å². The first-order valence-electron chi connectivity index (χ1n) is 10.6. The molecular weight excluding hydrogens is 434 g/mol. The summed E-state index contributed by atoms with van der Waals surface area (Å²) in [5, 5.41) is 16.2. The lowest BCUT2D eigenvalue weighted by Crippen LogP contribution is -2.36. The average molecular weight is 462 g/mol.